The molecule has 5 nitrogen and oxygen atoms in total. The van der Waals surface area contributed by atoms with Gasteiger partial charge in [0.15, 0.2) is 0 Å². The first-order valence-electron chi connectivity index (χ1n) is 8.52. The zero-order valence-electron chi connectivity index (χ0n) is 14.1. The van der Waals surface area contributed by atoms with Crippen LogP contribution in [0.4, 0.5) is 8.78 Å². The van der Waals surface area contributed by atoms with Crippen LogP contribution in [0.3, 0.4) is 0 Å². The van der Waals surface area contributed by atoms with Gasteiger partial charge in [-0.05, 0) is 43.2 Å². The Morgan fingerprint density at radius 3 is 2.72 bits per heavy atom. The Hall–Kier alpha value is -2.02. The van der Waals surface area contributed by atoms with Gasteiger partial charge in [0.05, 0.1) is 0 Å². The van der Waals surface area contributed by atoms with Gasteiger partial charge >= 0.3 is 0 Å². The zero-order chi connectivity index (χ0) is 18.0. The molecule has 1 saturated carbocycles. The normalized spacial score (nSPS) is 28.8. The van der Waals surface area contributed by atoms with Crippen molar-refractivity contribution in [3.63, 3.8) is 0 Å². The van der Waals surface area contributed by atoms with Gasteiger partial charge in [-0.2, -0.15) is 0 Å². The quantitative estimate of drug-likeness (QED) is 0.871. The summed E-state index contributed by atoms with van der Waals surface area (Å²) in [5.41, 5.74) is -0.561. The maximum atomic E-state index is 13.7. The first-order chi connectivity index (χ1) is 12.0. The Balaban J connectivity index is 1.66. The number of rotatable bonds is 4. The summed E-state index contributed by atoms with van der Waals surface area (Å²) in [6.07, 6.45) is 2.54. The van der Waals surface area contributed by atoms with Crippen molar-refractivity contribution in [2.24, 2.45) is 11.8 Å². The molecule has 0 radical (unpaired) electrons. The Morgan fingerprint density at radius 1 is 1.32 bits per heavy atom. The highest BCUT2D eigenvalue weighted by molar-refractivity contribution is 5.95. The van der Waals surface area contributed by atoms with E-state index in [0.717, 1.165) is 18.6 Å². The van der Waals surface area contributed by atoms with E-state index in [4.69, 9.17) is 4.74 Å². The minimum absolute atomic E-state index is 0.0181. The van der Waals surface area contributed by atoms with Crippen molar-refractivity contribution in [1.29, 1.82) is 0 Å². The van der Waals surface area contributed by atoms with Crippen molar-refractivity contribution < 1.29 is 23.1 Å². The number of benzene rings is 1. The van der Waals surface area contributed by atoms with Gasteiger partial charge in [0.1, 0.15) is 17.2 Å². The average molecular weight is 352 g/mol. The third-order valence-electron chi connectivity index (χ3n) is 5.21. The smallest absolute Gasteiger partial charge is 0.257 e. The van der Waals surface area contributed by atoms with E-state index in [9.17, 15) is 18.4 Å². The molecule has 136 valence electrons. The second-order valence-corrected chi connectivity index (χ2v) is 6.84. The minimum Gasteiger partial charge on any atom is -0.384 e. The minimum atomic E-state index is -0.877. The van der Waals surface area contributed by atoms with E-state index in [1.54, 1.807) is 7.11 Å². The van der Waals surface area contributed by atoms with Gasteiger partial charge < -0.3 is 15.4 Å². The predicted octanol–water partition coefficient (Wildman–Crippen LogP) is 2.01. The molecule has 4 unspecified atom stereocenters. The predicted molar refractivity (Wildman–Crippen MR) is 86.9 cm³/mol. The zero-order valence-corrected chi connectivity index (χ0v) is 14.1. The molecule has 0 bridgehead atoms. The molecule has 7 heteroatoms. The lowest BCUT2D eigenvalue weighted by molar-refractivity contribution is -0.128. The number of piperidine rings is 1. The van der Waals surface area contributed by atoms with Gasteiger partial charge in [-0.25, -0.2) is 8.78 Å². The molecule has 2 fully saturated rings. The highest BCUT2D eigenvalue weighted by atomic mass is 19.1. The van der Waals surface area contributed by atoms with E-state index in [1.807, 2.05) is 0 Å². The highest BCUT2D eigenvalue weighted by Crippen LogP contribution is 2.35. The van der Waals surface area contributed by atoms with Gasteiger partial charge in [0, 0.05) is 32.2 Å². The number of fused-ring (bicyclic) bond motifs is 1. The lowest BCUT2D eigenvalue weighted by atomic mass is 9.71. The molecule has 1 aromatic carbocycles. The first kappa shape index (κ1) is 17.8. The van der Waals surface area contributed by atoms with Crippen LogP contribution in [0.5, 0.6) is 0 Å². The molecule has 0 spiro atoms. The van der Waals surface area contributed by atoms with Gasteiger partial charge in [0.25, 0.3) is 5.91 Å². The summed E-state index contributed by atoms with van der Waals surface area (Å²) in [6, 6.07) is 3.07. The van der Waals surface area contributed by atoms with Crippen molar-refractivity contribution in [3.05, 3.63) is 35.4 Å². The number of methoxy groups -OCH3 is 1. The number of carbonyl (C=O) groups is 2. The second kappa shape index (κ2) is 7.47. The molecule has 2 amide bonds. The van der Waals surface area contributed by atoms with E-state index in [0.29, 0.717) is 31.8 Å². The number of carbonyl (C=O) groups excluding carboxylic acids is 2. The fourth-order valence-corrected chi connectivity index (χ4v) is 4.08. The molecule has 1 aromatic rings. The number of halogens is 2. The van der Waals surface area contributed by atoms with Crippen molar-refractivity contribution >= 4 is 11.8 Å². The third-order valence-corrected chi connectivity index (χ3v) is 5.21. The van der Waals surface area contributed by atoms with Crippen LogP contribution in [0.25, 0.3) is 0 Å². The van der Waals surface area contributed by atoms with E-state index in [2.05, 4.69) is 10.6 Å². The van der Waals surface area contributed by atoms with Gasteiger partial charge in [0.2, 0.25) is 5.91 Å². The van der Waals surface area contributed by atoms with Gasteiger partial charge in [-0.3, -0.25) is 9.59 Å². The molecule has 4 atom stereocenters. The van der Waals surface area contributed by atoms with E-state index in [1.165, 1.54) is 6.07 Å². The maximum Gasteiger partial charge on any atom is 0.257 e. The molecular formula is C18H22F2N2O3. The molecule has 1 heterocycles. The standard InChI is InChI=1S/C18H22F2N2O3/c1-25-9-10-7-16(23)22-15-8-11(5-6-12(10)15)21-18(24)17-13(19)3-2-4-14(17)20/h2-4,10-12,15H,5-9H2,1H3,(H,21,24)(H,22,23). The first-order valence-corrected chi connectivity index (χ1v) is 8.52. The number of hydrogen-bond acceptors (Lipinski definition) is 3. The Kier molecular flexibility index (Phi) is 5.32. The summed E-state index contributed by atoms with van der Waals surface area (Å²) in [4.78, 5) is 24.1. The third kappa shape index (κ3) is 3.81. The molecule has 2 aliphatic rings. The summed E-state index contributed by atoms with van der Waals surface area (Å²) in [7, 11) is 1.62. The van der Waals surface area contributed by atoms with Crippen LogP contribution in [-0.4, -0.2) is 37.6 Å². The molecular weight excluding hydrogens is 330 g/mol. The van der Waals surface area contributed by atoms with Gasteiger partial charge in [-0.1, -0.05) is 6.07 Å². The van der Waals surface area contributed by atoms with E-state index in [-0.39, 0.29) is 23.9 Å². The molecule has 2 N–H and O–H groups in total. The van der Waals surface area contributed by atoms with Crippen LogP contribution in [-0.2, 0) is 9.53 Å². The second-order valence-electron chi connectivity index (χ2n) is 6.84. The number of nitrogens with one attached hydrogen (secondary N) is 2. The van der Waals surface area contributed by atoms with Crippen LogP contribution in [0, 0.1) is 23.5 Å². The topological polar surface area (TPSA) is 67.4 Å². The Morgan fingerprint density at radius 2 is 2.04 bits per heavy atom. The van der Waals surface area contributed by atoms with Crippen molar-refractivity contribution in [2.45, 2.75) is 37.8 Å². The molecule has 1 saturated heterocycles. The molecule has 0 aromatic heterocycles. The van der Waals surface area contributed by atoms with Crippen LogP contribution >= 0.6 is 0 Å². The summed E-state index contributed by atoms with van der Waals surface area (Å²) in [6.45, 7) is 0.534. The fraction of sp³-hybridized carbons (Fsp3) is 0.556. The molecule has 1 aliphatic carbocycles. The van der Waals surface area contributed by atoms with Crippen LogP contribution in [0.2, 0.25) is 0 Å². The molecule has 3 rings (SSSR count). The Bertz CT molecular complexity index is 647. The SMILES string of the molecule is COCC1CC(=O)NC2CC(NC(=O)c3c(F)cccc3F)CCC12. The number of ether oxygens (including phenoxy) is 1. The summed E-state index contributed by atoms with van der Waals surface area (Å²) < 4.78 is 32.7. The molecule has 25 heavy (non-hydrogen) atoms. The van der Waals surface area contributed by atoms with Crippen molar-refractivity contribution in [2.75, 3.05) is 13.7 Å². The van der Waals surface area contributed by atoms with Gasteiger partial charge in [-0.15, -0.1) is 0 Å². The Labute approximate surface area is 145 Å². The summed E-state index contributed by atoms with van der Waals surface area (Å²) in [5, 5.41) is 5.69. The largest absolute Gasteiger partial charge is 0.384 e. The summed E-state index contributed by atoms with van der Waals surface area (Å²) in [5.74, 6) is -2.06. The maximum absolute atomic E-state index is 13.7. The number of hydrogen-bond donors (Lipinski definition) is 2. The summed E-state index contributed by atoms with van der Waals surface area (Å²) >= 11 is 0. The molecule has 1 aliphatic heterocycles. The van der Waals surface area contributed by atoms with Crippen molar-refractivity contribution in [3.8, 4) is 0 Å². The average Bonchev–Trinajstić information content (AvgIpc) is 2.54. The van der Waals surface area contributed by atoms with Crippen LogP contribution in [0.1, 0.15) is 36.0 Å². The monoisotopic (exact) mass is 352 g/mol. The van der Waals surface area contributed by atoms with E-state index < -0.39 is 23.1 Å². The number of amides is 2. The van der Waals surface area contributed by atoms with E-state index >= 15 is 0 Å². The fourth-order valence-electron chi connectivity index (χ4n) is 4.08. The lowest BCUT2D eigenvalue weighted by Gasteiger charge is -2.43. The van der Waals surface area contributed by atoms with Crippen molar-refractivity contribution in [1.82, 2.24) is 10.6 Å². The lowest BCUT2D eigenvalue weighted by Crippen LogP contribution is -2.56. The van der Waals surface area contributed by atoms with Crippen LogP contribution in [0.15, 0.2) is 18.2 Å². The van der Waals surface area contributed by atoms with Crippen LogP contribution < -0.4 is 10.6 Å². The highest BCUT2D eigenvalue weighted by Gasteiger charge is 2.41.